The summed E-state index contributed by atoms with van der Waals surface area (Å²) in [6.07, 6.45) is 5.92. The number of ether oxygens (including phenoxy) is 2. The van der Waals surface area contributed by atoms with Crippen molar-refractivity contribution in [1.82, 2.24) is 14.9 Å². The van der Waals surface area contributed by atoms with Gasteiger partial charge >= 0.3 is 6.01 Å². The number of benzene rings is 3. The SMILES string of the molecule is Cc1c(-c2cc(O)cc3ccccc23)ccc2c(N3CCCOC(C)C3)nc(OCC34CCCN3CCC4)nc12. The number of aromatic nitrogens is 2. The van der Waals surface area contributed by atoms with Crippen molar-refractivity contribution in [1.29, 1.82) is 0 Å². The average Bonchev–Trinajstić information content (AvgIpc) is 3.46. The number of fused-ring (bicyclic) bond motifs is 3. The Hall–Kier alpha value is -3.42. The van der Waals surface area contributed by atoms with Crippen molar-refractivity contribution in [3.8, 4) is 22.9 Å². The van der Waals surface area contributed by atoms with Crippen molar-refractivity contribution in [3.63, 3.8) is 0 Å². The zero-order valence-electron chi connectivity index (χ0n) is 23.5. The third-order valence-electron chi connectivity index (χ3n) is 9.25. The zero-order chi connectivity index (χ0) is 27.3. The summed E-state index contributed by atoms with van der Waals surface area (Å²) in [7, 11) is 0. The van der Waals surface area contributed by atoms with E-state index in [0.717, 1.165) is 70.3 Å². The van der Waals surface area contributed by atoms with Gasteiger partial charge in [0.15, 0.2) is 0 Å². The maximum absolute atomic E-state index is 10.6. The Balaban J connectivity index is 1.36. The summed E-state index contributed by atoms with van der Waals surface area (Å²) in [6.45, 7) is 9.64. The minimum atomic E-state index is 0.125. The Morgan fingerprint density at radius 1 is 0.975 bits per heavy atom. The van der Waals surface area contributed by atoms with E-state index in [1.54, 1.807) is 0 Å². The number of anilines is 1. The van der Waals surface area contributed by atoms with Crippen LogP contribution in [0.3, 0.4) is 0 Å². The number of phenolic OH excluding ortho intramolecular Hbond substituents is 1. The first-order valence-corrected chi connectivity index (χ1v) is 14.8. The van der Waals surface area contributed by atoms with E-state index in [2.05, 4.69) is 41.8 Å². The van der Waals surface area contributed by atoms with Crippen LogP contribution >= 0.6 is 0 Å². The van der Waals surface area contributed by atoms with E-state index in [1.807, 2.05) is 30.3 Å². The van der Waals surface area contributed by atoms with Gasteiger partial charge in [-0.2, -0.15) is 9.97 Å². The Bertz CT molecular complexity index is 1560. The standard InChI is InChI=1S/C33H38N4O3/c1-22-20-36(14-7-17-39-22)31-28-11-10-26(29-19-25(38)18-24-8-3-4-9-27(24)29)23(2)30(28)34-32(35-31)40-21-33-12-5-15-37(33)16-6-13-33/h3-4,8-11,18-19,22,38H,5-7,12-17,20-21H2,1-2H3. The molecule has 7 nitrogen and oxygen atoms in total. The molecule has 3 saturated heterocycles. The van der Waals surface area contributed by atoms with Crippen molar-refractivity contribution >= 4 is 27.5 Å². The third kappa shape index (κ3) is 4.45. The lowest BCUT2D eigenvalue weighted by Crippen LogP contribution is -2.43. The highest BCUT2D eigenvalue weighted by atomic mass is 16.5. The highest BCUT2D eigenvalue weighted by Gasteiger charge is 2.45. The first-order valence-electron chi connectivity index (χ1n) is 14.8. The second-order valence-electron chi connectivity index (χ2n) is 11.9. The van der Waals surface area contributed by atoms with Crippen LogP contribution in [0.4, 0.5) is 5.82 Å². The molecular weight excluding hydrogens is 500 g/mol. The predicted molar refractivity (Wildman–Crippen MR) is 159 cm³/mol. The molecule has 0 bridgehead atoms. The molecule has 3 aromatic carbocycles. The molecule has 3 aliphatic rings. The van der Waals surface area contributed by atoms with Gasteiger partial charge < -0.3 is 19.5 Å². The van der Waals surface area contributed by atoms with Gasteiger partial charge in [-0.25, -0.2) is 0 Å². The van der Waals surface area contributed by atoms with Crippen molar-refractivity contribution < 1.29 is 14.6 Å². The average molecular weight is 539 g/mol. The number of hydrogen-bond donors (Lipinski definition) is 1. The second kappa shape index (κ2) is 10.2. The van der Waals surface area contributed by atoms with Gasteiger partial charge in [0.25, 0.3) is 0 Å². The smallest absolute Gasteiger partial charge is 0.319 e. The summed E-state index contributed by atoms with van der Waals surface area (Å²) in [5.41, 5.74) is 4.14. The molecule has 3 fully saturated rings. The lowest BCUT2D eigenvalue weighted by atomic mass is 9.93. The van der Waals surface area contributed by atoms with E-state index in [9.17, 15) is 5.11 Å². The molecule has 1 aromatic heterocycles. The summed E-state index contributed by atoms with van der Waals surface area (Å²) in [4.78, 5) is 15.1. The van der Waals surface area contributed by atoms with Crippen LogP contribution < -0.4 is 9.64 Å². The van der Waals surface area contributed by atoms with E-state index in [-0.39, 0.29) is 17.4 Å². The maximum atomic E-state index is 10.6. The number of aromatic hydroxyl groups is 1. The lowest BCUT2D eigenvalue weighted by molar-refractivity contribution is 0.0820. The van der Waals surface area contributed by atoms with Crippen LogP contribution in [0.2, 0.25) is 0 Å². The van der Waals surface area contributed by atoms with Crippen LogP contribution in [0, 0.1) is 6.92 Å². The van der Waals surface area contributed by atoms with Gasteiger partial charge in [0.1, 0.15) is 18.2 Å². The van der Waals surface area contributed by atoms with Gasteiger partial charge in [-0.1, -0.05) is 30.3 Å². The quantitative estimate of drug-likeness (QED) is 0.330. The minimum absolute atomic E-state index is 0.125. The van der Waals surface area contributed by atoms with Crippen LogP contribution in [-0.4, -0.2) is 71.0 Å². The Morgan fingerprint density at radius 2 is 1.80 bits per heavy atom. The van der Waals surface area contributed by atoms with Crippen molar-refractivity contribution in [3.05, 3.63) is 54.1 Å². The summed E-state index contributed by atoms with van der Waals surface area (Å²) < 4.78 is 12.5. The molecule has 7 heteroatoms. The molecule has 1 N–H and O–H groups in total. The van der Waals surface area contributed by atoms with Gasteiger partial charge in [-0.05, 0) is 105 Å². The molecule has 4 aromatic rings. The van der Waals surface area contributed by atoms with E-state index in [0.29, 0.717) is 12.6 Å². The van der Waals surface area contributed by atoms with E-state index >= 15 is 0 Å². The normalized spacial score (nSPS) is 21.1. The number of hydrogen-bond acceptors (Lipinski definition) is 7. The molecule has 1 atom stereocenters. The summed E-state index contributed by atoms with van der Waals surface area (Å²) >= 11 is 0. The van der Waals surface area contributed by atoms with Gasteiger partial charge in [0.05, 0.1) is 17.2 Å². The fourth-order valence-corrected chi connectivity index (χ4v) is 7.26. The van der Waals surface area contributed by atoms with Crippen LogP contribution in [-0.2, 0) is 4.74 Å². The molecule has 0 aliphatic carbocycles. The topological polar surface area (TPSA) is 71.0 Å². The maximum Gasteiger partial charge on any atom is 0.319 e. The van der Waals surface area contributed by atoms with Gasteiger partial charge in [-0.3, -0.25) is 4.90 Å². The monoisotopic (exact) mass is 538 g/mol. The first-order chi connectivity index (χ1) is 19.5. The number of aryl methyl sites for hydroxylation is 1. The molecule has 40 heavy (non-hydrogen) atoms. The van der Waals surface area contributed by atoms with Crippen LogP contribution in [0.25, 0.3) is 32.8 Å². The van der Waals surface area contributed by atoms with E-state index in [4.69, 9.17) is 19.4 Å². The molecule has 3 aliphatic heterocycles. The Morgan fingerprint density at radius 3 is 2.65 bits per heavy atom. The Labute approximate surface area is 235 Å². The molecule has 1 unspecified atom stereocenters. The Kier molecular flexibility index (Phi) is 6.51. The van der Waals surface area contributed by atoms with Gasteiger partial charge in [0, 0.05) is 25.1 Å². The van der Waals surface area contributed by atoms with Crippen LogP contribution in [0.15, 0.2) is 48.5 Å². The second-order valence-corrected chi connectivity index (χ2v) is 11.9. The molecule has 0 saturated carbocycles. The highest BCUT2D eigenvalue weighted by Crippen LogP contribution is 2.41. The molecule has 4 heterocycles. The fraction of sp³-hybridized carbons (Fsp3) is 0.455. The molecule has 0 radical (unpaired) electrons. The van der Waals surface area contributed by atoms with Crippen molar-refractivity contribution in [2.45, 2.75) is 57.6 Å². The van der Waals surface area contributed by atoms with Gasteiger partial charge in [0.2, 0.25) is 0 Å². The lowest BCUT2D eigenvalue weighted by Gasteiger charge is -2.31. The zero-order valence-corrected chi connectivity index (χ0v) is 23.5. The molecule has 208 valence electrons. The van der Waals surface area contributed by atoms with Gasteiger partial charge in [-0.15, -0.1) is 0 Å². The molecule has 0 amide bonds. The van der Waals surface area contributed by atoms with Crippen molar-refractivity contribution in [2.24, 2.45) is 0 Å². The first kappa shape index (κ1) is 25.5. The van der Waals surface area contributed by atoms with Crippen LogP contribution in [0.5, 0.6) is 11.8 Å². The highest BCUT2D eigenvalue weighted by molar-refractivity contribution is 6.02. The van der Waals surface area contributed by atoms with E-state index < -0.39 is 0 Å². The summed E-state index contributed by atoms with van der Waals surface area (Å²) in [5, 5.41) is 13.7. The number of phenols is 1. The largest absolute Gasteiger partial charge is 0.508 e. The third-order valence-corrected chi connectivity index (χ3v) is 9.25. The van der Waals surface area contributed by atoms with Crippen LogP contribution in [0.1, 0.15) is 44.6 Å². The molecule has 0 spiro atoms. The number of nitrogens with zero attached hydrogens (tertiary/aromatic N) is 4. The predicted octanol–water partition coefficient (Wildman–Crippen LogP) is 6.09. The van der Waals surface area contributed by atoms with E-state index in [1.165, 1.54) is 38.8 Å². The number of rotatable bonds is 5. The molecular formula is C33H38N4O3. The minimum Gasteiger partial charge on any atom is -0.508 e. The fourth-order valence-electron chi connectivity index (χ4n) is 7.26. The molecule has 7 rings (SSSR count). The summed E-state index contributed by atoms with van der Waals surface area (Å²) in [6, 6.07) is 16.6. The van der Waals surface area contributed by atoms with Crippen molar-refractivity contribution in [2.75, 3.05) is 44.3 Å². The summed E-state index contributed by atoms with van der Waals surface area (Å²) in [5.74, 6) is 1.18.